The summed E-state index contributed by atoms with van der Waals surface area (Å²) in [6.45, 7) is 9.49. The van der Waals surface area contributed by atoms with Crippen molar-refractivity contribution < 1.29 is 80.2 Å². The third-order valence-electron chi connectivity index (χ3n) is 17.3. The Bertz CT molecular complexity index is 1950. The van der Waals surface area contributed by atoms with Crippen LogP contribution in [0.15, 0.2) is 24.3 Å². The molecule has 0 bridgehead atoms. The molecule has 0 fully saturated rings. The van der Waals surface area contributed by atoms with E-state index in [4.69, 9.17) is 37.0 Å². The molecular formula is C77H146O17P2. The zero-order valence-electron chi connectivity index (χ0n) is 62.2. The summed E-state index contributed by atoms with van der Waals surface area (Å²) in [5.41, 5.74) is 0. The van der Waals surface area contributed by atoms with E-state index in [1.807, 2.05) is 0 Å². The molecule has 3 N–H and O–H groups in total. The van der Waals surface area contributed by atoms with Gasteiger partial charge in [-0.2, -0.15) is 0 Å². The number of esters is 4. The average molecular weight is 1410 g/mol. The number of ether oxygens (including phenoxy) is 4. The van der Waals surface area contributed by atoms with E-state index in [9.17, 15) is 43.2 Å². The molecule has 0 spiro atoms. The zero-order valence-corrected chi connectivity index (χ0v) is 63.9. The molecule has 17 nitrogen and oxygen atoms in total. The average Bonchev–Trinajstić information content (AvgIpc) is 2.12. The van der Waals surface area contributed by atoms with Crippen LogP contribution in [-0.2, 0) is 65.4 Å². The van der Waals surface area contributed by atoms with Crippen molar-refractivity contribution in [1.29, 1.82) is 0 Å². The van der Waals surface area contributed by atoms with Crippen molar-refractivity contribution in [2.75, 3.05) is 39.6 Å². The quantitative estimate of drug-likeness (QED) is 0.0169. The van der Waals surface area contributed by atoms with E-state index in [1.54, 1.807) is 0 Å². The van der Waals surface area contributed by atoms with Crippen LogP contribution in [0.2, 0.25) is 0 Å². The predicted octanol–water partition coefficient (Wildman–Crippen LogP) is 22.3. The van der Waals surface area contributed by atoms with Gasteiger partial charge in [-0.25, -0.2) is 9.13 Å². The lowest BCUT2D eigenvalue weighted by Gasteiger charge is -2.21. The Morgan fingerprint density at radius 1 is 0.323 bits per heavy atom. The molecule has 566 valence electrons. The zero-order chi connectivity index (χ0) is 70.7. The van der Waals surface area contributed by atoms with Crippen LogP contribution in [0.4, 0.5) is 0 Å². The van der Waals surface area contributed by atoms with Gasteiger partial charge in [0.1, 0.15) is 19.3 Å². The Labute approximate surface area is 586 Å². The second-order valence-electron chi connectivity index (χ2n) is 28.0. The van der Waals surface area contributed by atoms with Gasteiger partial charge in [0.25, 0.3) is 0 Å². The minimum Gasteiger partial charge on any atom is -0.462 e. The molecule has 0 aliphatic rings. The van der Waals surface area contributed by atoms with Gasteiger partial charge >= 0.3 is 39.5 Å². The maximum absolute atomic E-state index is 13.1. The molecule has 0 saturated heterocycles. The van der Waals surface area contributed by atoms with Crippen LogP contribution < -0.4 is 0 Å². The lowest BCUT2D eigenvalue weighted by molar-refractivity contribution is -0.161. The molecule has 0 aromatic rings. The number of aliphatic hydroxyl groups is 1. The number of carbonyl (C=O) groups excluding carboxylic acids is 4. The normalized spacial score (nSPS) is 14.2. The summed E-state index contributed by atoms with van der Waals surface area (Å²) in [4.78, 5) is 72.8. The first-order chi connectivity index (χ1) is 46.4. The van der Waals surface area contributed by atoms with Crippen molar-refractivity contribution in [2.24, 2.45) is 11.8 Å². The summed E-state index contributed by atoms with van der Waals surface area (Å²) in [6, 6.07) is 0. The smallest absolute Gasteiger partial charge is 0.462 e. The molecule has 0 heterocycles. The van der Waals surface area contributed by atoms with Crippen LogP contribution in [0.3, 0.4) is 0 Å². The van der Waals surface area contributed by atoms with E-state index in [2.05, 4.69) is 65.8 Å². The molecule has 0 aliphatic carbocycles. The first-order valence-electron chi connectivity index (χ1n) is 39.3. The Balaban J connectivity index is 5.29. The number of phosphoric acid groups is 2. The van der Waals surface area contributed by atoms with E-state index >= 15 is 0 Å². The van der Waals surface area contributed by atoms with E-state index in [0.29, 0.717) is 25.7 Å². The lowest BCUT2D eigenvalue weighted by Crippen LogP contribution is -2.30. The van der Waals surface area contributed by atoms with Crippen molar-refractivity contribution >= 4 is 39.5 Å². The van der Waals surface area contributed by atoms with Gasteiger partial charge in [0, 0.05) is 25.7 Å². The highest BCUT2D eigenvalue weighted by molar-refractivity contribution is 7.47. The Morgan fingerprint density at radius 2 is 0.562 bits per heavy atom. The standard InChI is InChI=1S/C77H146O17P2/c1-7-9-11-13-15-17-19-21-23-24-26-28-30-36-43-49-55-61-76(81)93-72(65-87-74(79)59-53-47-41-35-29-27-25-22-20-18-16-14-12-10-8-2)67-91-95(83,84)89-63-71(78)64-90-96(85,86)92-68-73(94-77(82)62-56-50-44-38-32-34-40-46-52-58-70(5)6)66-88-75(80)60-54-48-42-37-31-33-39-45-51-57-69(3)4/h18,20,22,25,69-73,78H,7-17,19,21,23-24,26-68H2,1-6H3,(H,83,84)(H,85,86)/b20-18-,25-22-/t71-,72-,73-/m1/s1. The number of carbonyl (C=O) groups is 4. The van der Waals surface area contributed by atoms with E-state index in [1.165, 1.54) is 173 Å². The SMILES string of the molecule is CCCCCC/C=C\C=C/CCCCCCCC(=O)OC[C@H](COP(=O)(O)OC[C@@H](O)COP(=O)(O)OC[C@@H](COC(=O)CCCCCCCCCCCC(C)C)OC(=O)CCCCCCCCCCCC(C)C)OC(=O)CCCCCCCCCCCCCCCCCCC. The summed E-state index contributed by atoms with van der Waals surface area (Å²) in [5, 5.41) is 10.6. The molecule has 0 saturated carbocycles. The fourth-order valence-corrected chi connectivity index (χ4v) is 12.9. The Kier molecular flexibility index (Phi) is 66.6. The molecule has 19 heteroatoms. The number of rotatable bonds is 74. The largest absolute Gasteiger partial charge is 0.472 e. The first-order valence-corrected chi connectivity index (χ1v) is 42.3. The topological polar surface area (TPSA) is 237 Å². The monoisotopic (exact) mass is 1410 g/mol. The molecule has 0 radical (unpaired) electrons. The van der Waals surface area contributed by atoms with Crippen molar-refractivity contribution in [3.8, 4) is 0 Å². The summed E-state index contributed by atoms with van der Waals surface area (Å²) >= 11 is 0. The second-order valence-corrected chi connectivity index (χ2v) is 30.9. The summed E-state index contributed by atoms with van der Waals surface area (Å²) < 4.78 is 68.5. The van der Waals surface area contributed by atoms with Crippen LogP contribution in [-0.4, -0.2) is 96.7 Å². The first kappa shape index (κ1) is 93.5. The highest BCUT2D eigenvalue weighted by Gasteiger charge is 2.30. The van der Waals surface area contributed by atoms with E-state index in [0.717, 1.165) is 121 Å². The molecule has 96 heavy (non-hydrogen) atoms. The second kappa shape index (κ2) is 68.3. The van der Waals surface area contributed by atoms with Crippen molar-refractivity contribution in [3.63, 3.8) is 0 Å². The number of hydrogen-bond acceptors (Lipinski definition) is 15. The molecule has 2 unspecified atom stereocenters. The molecule has 0 rings (SSSR count). The van der Waals surface area contributed by atoms with Crippen molar-refractivity contribution in [1.82, 2.24) is 0 Å². The highest BCUT2D eigenvalue weighted by atomic mass is 31.2. The Hall–Kier alpha value is -2.46. The van der Waals surface area contributed by atoms with Crippen LogP contribution in [0.5, 0.6) is 0 Å². The third-order valence-corrected chi connectivity index (χ3v) is 19.2. The Morgan fingerprint density at radius 3 is 0.854 bits per heavy atom. The minimum absolute atomic E-state index is 0.101. The van der Waals surface area contributed by atoms with E-state index < -0.39 is 97.5 Å². The van der Waals surface area contributed by atoms with Gasteiger partial charge in [0.2, 0.25) is 0 Å². The molecule has 0 aliphatic heterocycles. The number of allylic oxidation sites excluding steroid dienone is 4. The fraction of sp³-hybridized carbons (Fsp3) is 0.896. The van der Waals surface area contributed by atoms with Crippen LogP contribution in [0, 0.1) is 11.8 Å². The van der Waals surface area contributed by atoms with Crippen LogP contribution in [0.25, 0.3) is 0 Å². The van der Waals surface area contributed by atoms with Crippen molar-refractivity contribution in [2.45, 2.75) is 394 Å². The lowest BCUT2D eigenvalue weighted by atomic mass is 10.0. The number of phosphoric ester groups is 2. The highest BCUT2D eigenvalue weighted by Crippen LogP contribution is 2.45. The number of aliphatic hydroxyl groups excluding tert-OH is 1. The van der Waals surface area contributed by atoms with Gasteiger partial charge in [0.05, 0.1) is 26.4 Å². The van der Waals surface area contributed by atoms with Crippen molar-refractivity contribution in [3.05, 3.63) is 24.3 Å². The summed E-state index contributed by atoms with van der Waals surface area (Å²) in [6.07, 6.45) is 59.1. The van der Waals surface area contributed by atoms with E-state index in [-0.39, 0.29) is 25.7 Å². The maximum atomic E-state index is 13.1. The molecule has 0 aromatic heterocycles. The van der Waals surface area contributed by atoms with Gasteiger partial charge in [0.15, 0.2) is 12.2 Å². The molecular weight excluding hydrogens is 1260 g/mol. The third kappa shape index (κ3) is 70.0. The maximum Gasteiger partial charge on any atom is 0.472 e. The minimum atomic E-state index is -4.97. The number of unbranched alkanes of at least 4 members (excludes halogenated alkanes) is 41. The molecule has 5 atom stereocenters. The van der Waals surface area contributed by atoms with Gasteiger partial charge in [-0.15, -0.1) is 0 Å². The number of hydrogen-bond donors (Lipinski definition) is 3. The van der Waals surface area contributed by atoms with Gasteiger partial charge in [-0.3, -0.25) is 37.3 Å². The molecule has 0 aromatic carbocycles. The van der Waals surface area contributed by atoms with Gasteiger partial charge < -0.3 is 33.8 Å². The summed E-state index contributed by atoms with van der Waals surface area (Å²) in [7, 11) is -9.92. The fourth-order valence-electron chi connectivity index (χ4n) is 11.3. The summed E-state index contributed by atoms with van der Waals surface area (Å²) in [5.74, 6) is -0.668. The molecule has 0 amide bonds. The van der Waals surface area contributed by atoms with Gasteiger partial charge in [-0.1, -0.05) is 323 Å². The van der Waals surface area contributed by atoms with Crippen LogP contribution >= 0.6 is 15.6 Å². The van der Waals surface area contributed by atoms with Gasteiger partial charge in [-0.05, 0) is 63.2 Å². The van der Waals surface area contributed by atoms with Crippen LogP contribution in [0.1, 0.15) is 375 Å². The predicted molar refractivity (Wildman–Crippen MR) is 391 cm³/mol.